The fourth-order valence-electron chi connectivity index (χ4n) is 1.81. The van der Waals surface area contributed by atoms with Crippen LogP contribution in [0.15, 0.2) is 17.0 Å². The average molecular weight is 291 g/mol. The lowest BCUT2D eigenvalue weighted by Crippen LogP contribution is -2.36. The van der Waals surface area contributed by atoms with Crippen LogP contribution in [0, 0.1) is 6.92 Å². The molecule has 0 atom stereocenters. The van der Waals surface area contributed by atoms with Crippen molar-refractivity contribution in [3.05, 3.63) is 22.7 Å². The van der Waals surface area contributed by atoms with Gasteiger partial charge in [-0.1, -0.05) is 18.5 Å². The van der Waals surface area contributed by atoms with E-state index in [1.165, 1.54) is 10.4 Å². The molecule has 0 spiro atoms. The Kier molecular flexibility index (Phi) is 4.64. The highest BCUT2D eigenvalue weighted by atomic mass is 35.5. The van der Waals surface area contributed by atoms with E-state index in [2.05, 4.69) is 0 Å². The van der Waals surface area contributed by atoms with Crippen molar-refractivity contribution in [2.24, 2.45) is 0 Å². The maximum atomic E-state index is 12.5. The normalized spacial score (nSPS) is 12.4. The third-order valence-corrected chi connectivity index (χ3v) is 5.41. The van der Waals surface area contributed by atoms with Crippen molar-refractivity contribution in [2.75, 3.05) is 12.3 Å². The first kappa shape index (κ1) is 15.3. The van der Waals surface area contributed by atoms with Crippen molar-refractivity contribution in [3.8, 4) is 0 Å². The number of sulfonamides is 1. The van der Waals surface area contributed by atoms with Crippen LogP contribution in [0.4, 0.5) is 5.69 Å². The zero-order valence-electron chi connectivity index (χ0n) is 11.1. The van der Waals surface area contributed by atoms with Gasteiger partial charge in [-0.25, -0.2) is 8.42 Å². The van der Waals surface area contributed by atoms with Gasteiger partial charge in [0.1, 0.15) is 4.90 Å². The largest absolute Gasteiger partial charge is 0.398 e. The van der Waals surface area contributed by atoms with E-state index in [9.17, 15) is 8.42 Å². The molecule has 1 aromatic rings. The first-order chi connectivity index (χ1) is 8.21. The summed E-state index contributed by atoms with van der Waals surface area (Å²) >= 11 is 6.03. The van der Waals surface area contributed by atoms with E-state index in [0.29, 0.717) is 12.2 Å². The second-order valence-corrected chi connectivity index (χ2v) is 6.71. The molecule has 0 amide bonds. The van der Waals surface area contributed by atoms with E-state index in [0.717, 1.165) is 5.56 Å². The van der Waals surface area contributed by atoms with Crippen LogP contribution in [-0.2, 0) is 10.0 Å². The van der Waals surface area contributed by atoms with Crippen molar-refractivity contribution >= 4 is 27.3 Å². The SMILES string of the molecule is CCN(C(C)C)S(=O)(=O)c1cc(N)c(C)cc1Cl. The topological polar surface area (TPSA) is 63.4 Å². The Bertz CT molecular complexity index is 541. The Morgan fingerprint density at radius 1 is 1.39 bits per heavy atom. The maximum absolute atomic E-state index is 12.5. The molecule has 1 rings (SSSR count). The molecule has 0 saturated carbocycles. The molecular weight excluding hydrogens is 272 g/mol. The van der Waals surface area contributed by atoms with Crippen LogP contribution in [0.5, 0.6) is 0 Å². The first-order valence-electron chi connectivity index (χ1n) is 5.79. The van der Waals surface area contributed by atoms with E-state index in [4.69, 9.17) is 17.3 Å². The first-order valence-corrected chi connectivity index (χ1v) is 7.61. The fourth-order valence-corrected chi connectivity index (χ4v) is 4.04. The summed E-state index contributed by atoms with van der Waals surface area (Å²) in [4.78, 5) is 0.0721. The van der Waals surface area contributed by atoms with Gasteiger partial charge >= 0.3 is 0 Å². The Hall–Kier alpha value is -0.780. The molecular formula is C12H19ClN2O2S. The standard InChI is InChI=1S/C12H19ClN2O2S/c1-5-15(8(2)3)18(16,17)12-7-11(14)9(4)6-10(12)13/h6-8H,5,14H2,1-4H3. The third kappa shape index (κ3) is 2.79. The van der Waals surface area contributed by atoms with Crippen LogP contribution in [0.3, 0.4) is 0 Å². The molecule has 102 valence electrons. The second-order valence-electron chi connectivity index (χ2n) is 4.44. The number of anilines is 1. The lowest BCUT2D eigenvalue weighted by Gasteiger charge is -2.25. The minimum atomic E-state index is -3.60. The van der Waals surface area contributed by atoms with Crippen LogP contribution < -0.4 is 5.73 Å². The number of nitrogen functional groups attached to an aromatic ring is 1. The Labute approximate surface area is 114 Å². The van der Waals surface area contributed by atoms with Gasteiger partial charge in [0.05, 0.1) is 5.02 Å². The molecule has 0 aliphatic carbocycles. The highest BCUT2D eigenvalue weighted by molar-refractivity contribution is 7.89. The quantitative estimate of drug-likeness (QED) is 0.867. The van der Waals surface area contributed by atoms with E-state index in [-0.39, 0.29) is 16.0 Å². The third-order valence-electron chi connectivity index (χ3n) is 2.79. The van der Waals surface area contributed by atoms with E-state index in [1.807, 2.05) is 13.8 Å². The van der Waals surface area contributed by atoms with Crippen molar-refractivity contribution in [2.45, 2.75) is 38.6 Å². The van der Waals surface area contributed by atoms with Gasteiger partial charge in [0.25, 0.3) is 0 Å². The van der Waals surface area contributed by atoms with Gasteiger partial charge in [0.2, 0.25) is 10.0 Å². The molecule has 0 bridgehead atoms. The minimum absolute atomic E-state index is 0.0721. The predicted molar refractivity (Wildman–Crippen MR) is 75.3 cm³/mol. The smallest absolute Gasteiger partial charge is 0.244 e. The van der Waals surface area contributed by atoms with Gasteiger partial charge in [0.15, 0.2) is 0 Å². The summed E-state index contributed by atoms with van der Waals surface area (Å²) in [7, 11) is -3.60. The van der Waals surface area contributed by atoms with E-state index >= 15 is 0 Å². The van der Waals surface area contributed by atoms with Gasteiger partial charge in [0, 0.05) is 18.3 Å². The van der Waals surface area contributed by atoms with Gasteiger partial charge in [-0.05, 0) is 38.5 Å². The van der Waals surface area contributed by atoms with E-state index < -0.39 is 10.0 Å². The number of benzene rings is 1. The highest BCUT2D eigenvalue weighted by Gasteiger charge is 2.28. The molecule has 0 unspecified atom stereocenters. The summed E-state index contributed by atoms with van der Waals surface area (Å²) in [5, 5.41) is 0.209. The van der Waals surface area contributed by atoms with Crippen LogP contribution >= 0.6 is 11.6 Å². The van der Waals surface area contributed by atoms with Gasteiger partial charge in [-0.2, -0.15) is 4.31 Å². The molecule has 4 nitrogen and oxygen atoms in total. The fraction of sp³-hybridized carbons (Fsp3) is 0.500. The average Bonchev–Trinajstić information content (AvgIpc) is 2.23. The molecule has 0 radical (unpaired) electrons. The maximum Gasteiger partial charge on any atom is 0.244 e. The molecule has 0 saturated heterocycles. The Balaban J connectivity index is 3.41. The van der Waals surface area contributed by atoms with E-state index in [1.54, 1.807) is 19.9 Å². The number of hydrogen-bond donors (Lipinski definition) is 1. The molecule has 1 aromatic carbocycles. The number of nitrogens with zero attached hydrogens (tertiary/aromatic N) is 1. The number of rotatable bonds is 4. The summed E-state index contributed by atoms with van der Waals surface area (Å²) < 4.78 is 26.3. The minimum Gasteiger partial charge on any atom is -0.398 e. The molecule has 0 heterocycles. The summed E-state index contributed by atoms with van der Waals surface area (Å²) in [6.07, 6.45) is 0. The van der Waals surface area contributed by atoms with Gasteiger partial charge < -0.3 is 5.73 Å². The molecule has 0 aromatic heterocycles. The van der Waals surface area contributed by atoms with Gasteiger partial charge in [-0.3, -0.25) is 0 Å². The number of aryl methyl sites for hydroxylation is 1. The zero-order chi connectivity index (χ0) is 14.1. The van der Waals surface area contributed by atoms with Crippen molar-refractivity contribution < 1.29 is 8.42 Å². The molecule has 0 aliphatic heterocycles. The summed E-state index contributed by atoms with van der Waals surface area (Å²) in [5.41, 5.74) is 6.96. The monoisotopic (exact) mass is 290 g/mol. The Morgan fingerprint density at radius 3 is 2.39 bits per heavy atom. The van der Waals surface area contributed by atoms with Crippen molar-refractivity contribution in [1.29, 1.82) is 0 Å². The van der Waals surface area contributed by atoms with Crippen LogP contribution in [-0.4, -0.2) is 25.3 Å². The summed E-state index contributed by atoms with van der Waals surface area (Å²) in [6, 6.07) is 2.88. The lowest BCUT2D eigenvalue weighted by molar-refractivity contribution is 0.369. The van der Waals surface area contributed by atoms with Crippen LogP contribution in [0.25, 0.3) is 0 Å². The van der Waals surface area contributed by atoms with Crippen molar-refractivity contribution in [1.82, 2.24) is 4.31 Å². The molecule has 2 N–H and O–H groups in total. The molecule has 0 fully saturated rings. The molecule has 6 heteroatoms. The molecule has 0 aliphatic rings. The second kappa shape index (κ2) is 5.47. The number of halogens is 1. The summed E-state index contributed by atoms with van der Waals surface area (Å²) in [6.45, 7) is 7.63. The van der Waals surface area contributed by atoms with Gasteiger partial charge in [-0.15, -0.1) is 0 Å². The predicted octanol–water partition coefficient (Wildman–Crippen LogP) is 2.65. The van der Waals surface area contributed by atoms with Crippen LogP contribution in [0.2, 0.25) is 5.02 Å². The number of nitrogens with two attached hydrogens (primary N) is 1. The number of hydrogen-bond acceptors (Lipinski definition) is 3. The lowest BCUT2D eigenvalue weighted by atomic mass is 10.2. The Morgan fingerprint density at radius 2 is 1.94 bits per heavy atom. The zero-order valence-corrected chi connectivity index (χ0v) is 12.6. The summed E-state index contributed by atoms with van der Waals surface area (Å²) in [5.74, 6) is 0. The van der Waals surface area contributed by atoms with Crippen molar-refractivity contribution in [3.63, 3.8) is 0 Å². The highest BCUT2D eigenvalue weighted by Crippen LogP contribution is 2.29. The van der Waals surface area contributed by atoms with Crippen LogP contribution in [0.1, 0.15) is 26.3 Å². The molecule has 18 heavy (non-hydrogen) atoms.